The molecule has 1 unspecified atom stereocenters. The third kappa shape index (κ3) is 2.50. The molecule has 2 fully saturated rings. The summed E-state index contributed by atoms with van der Waals surface area (Å²) in [5, 5.41) is 3.12. The molecule has 6 heteroatoms. The summed E-state index contributed by atoms with van der Waals surface area (Å²) in [4.78, 5) is 16.3. The van der Waals surface area contributed by atoms with Crippen LogP contribution in [0.15, 0.2) is 17.2 Å². The van der Waals surface area contributed by atoms with Crippen LogP contribution in [0.25, 0.3) is 0 Å². The van der Waals surface area contributed by atoms with E-state index in [1.165, 1.54) is 0 Å². The molecular weight excluding hydrogens is 246 g/mol. The van der Waals surface area contributed by atoms with Gasteiger partial charge < -0.3 is 19.4 Å². The van der Waals surface area contributed by atoms with Crippen molar-refractivity contribution in [1.82, 2.24) is 9.55 Å². The van der Waals surface area contributed by atoms with Crippen LogP contribution in [0, 0.1) is 0 Å². The monoisotopic (exact) mass is 265 g/mol. The third-order valence-electron chi connectivity index (χ3n) is 3.89. The van der Waals surface area contributed by atoms with E-state index < -0.39 is 0 Å². The number of hydrogen-bond donors (Lipinski definition) is 1. The van der Waals surface area contributed by atoms with Crippen LogP contribution in [0.2, 0.25) is 0 Å². The molecule has 1 atom stereocenters. The number of nitrogens with one attached hydrogen (secondary N) is 1. The first-order valence-corrected chi connectivity index (χ1v) is 6.68. The summed E-state index contributed by atoms with van der Waals surface area (Å²) in [7, 11) is 1.68. The average Bonchev–Trinajstić information content (AvgIpc) is 3.16. The number of nitrogens with zero attached hydrogens (tertiary/aromatic N) is 2. The van der Waals surface area contributed by atoms with Crippen LogP contribution in [0.5, 0.6) is 0 Å². The Hall–Kier alpha value is -1.40. The van der Waals surface area contributed by atoms with Crippen LogP contribution in [0.3, 0.4) is 0 Å². The molecule has 1 aliphatic carbocycles. The third-order valence-corrected chi connectivity index (χ3v) is 3.89. The van der Waals surface area contributed by atoms with Crippen LogP contribution in [-0.2, 0) is 9.47 Å². The van der Waals surface area contributed by atoms with Crippen LogP contribution in [-0.4, -0.2) is 42.0 Å². The van der Waals surface area contributed by atoms with Crippen LogP contribution < -0.4 is 10.9 Å². The normalized spacial score (nSPS) is 26.6. The number of anilines is 1. The first-order chi connectivity index (χ1) is 9.24. The second kappa shape index (κ2) is 4.94. The standard InChI is InChI=1S/C13H19N3O3/c1-18-13(4-7-19-9-13)8-15-11-12(17)16(6-5-14-11)10-2-3-10/h5-6,10H,2-4,7-9H2,1H3,(H,14,15). The van der Waals surface area contributed by atoms with Gasteiger partial charge in [-0.15, -0.1) is 0 Å². The number of rotatable bonds is 5. The molecule has 1 N–H and O–H groups in total. The fourth-order valence-electron chi connectivity index (χ4n) is 2.39. The summed E-state index contributed by atoms with van der Waals surface area (Å²) in [6.45, 7) is 1.80. The molecule has 1 saturated carbocycles. The summed E-state index contributed by atoms with van der Waals surface area (Å²) in [6.07, 6.45) is 6.43. The highest BCUT2D eigenvalue weighted by Gasteiger charge is 2.35. The van der Waals surface area contributed by atoms with Gasteiger partial charge >= 0.3 is 0 Å². The predicted molar refractivity (Wildman–Crippen MR) is 70.4 cm³/mol. The molecule has 104 valence electrons. The maximum Gasteiger partial charge on any atom is 0.293 e. The Morgan fingerprint density at radius 3 is 3.11 bits per heavy atom. The van der Waals surface area contributed by atoms with Gasteiger partial charge in [0.1, 0.15) is 5.60 Å². The highest BCUT2D eigenvalue weighted by Crippen LogP contribution is 2.33. The molecule has 0 amide bonds. The van der Waals surface area contributed by atoms with Crippen molar-refractivity contribution in [3.63, 3.8) is 0 Å². The lowest BCUT2D eigenvalue weighted by molar-refractivity contribution is -0.00627. The molecule has 1 aromatic heterocycles. The molecule has 2 heterocycles. The zero-order chi connectivity index (χ0) is 13.3. The smallest absolute Gasteiger partial charge is 0.293 e. The van der Waals surface area contributed by atoms with Crippen molar-refractivity contribution in [3.8, 4) is 0 Å². The van der Waals surface area contributed by atoms with E-state index >= 15 is 0 Å². The van der Waals surface area contributed by atoms with E-state index in [9.17, 15) is 4.79 Å². The van der Waals surface area contributed by atoms with Crippen LogP contribution in [0.4, 0.5) is 5.82 Å². The summed E-state index contributed by atoms with van der Waals surface area (Å²) >= 11 is 0. The summed E-state index contributed by atoms with van der Waals surface area (Å²) in [5.41, 5.74) is -0.385. The lowest BCUT2D eigenvalue weighted by Crippen LogP contribution is -2.41. The lowest BCUT2D eigenvalue weighted by atomic mass is 10.0. The lowest BCUT2D eigenvalue weighted by Gasteiger charge is -2.26. The Balaban J connectivity index is 1.73. The van der Waals surface area contributed by atoms with Crippen molar-refractivity contribution >= 4 is 5.82 Å². The molecule has 6 nitrogen and oxygen atoms in total. The largest absolute Gasteiger partial charge is 0.378 e. The Morgan fingerprint density at radius 1 is 1.63 bits per heavy atom. The van der Waals surface area contributed by atoms with Crippen molar-refractivity contribution in [2.75, 3.05) is 32.2 Å². The highest BCUT2D eigenvalue weighted by molar-refractivity contribution is 5.32. The van der Waals surface area contributed by atoms with E-state index in [1.807, 2.05) is 0 Å². The molecule has 0 spiro atoms. The zero-order valence-corrected chi connectivity index (χ0v) is 11.1. The fourth-order valence-corrected chi connectivity index (χ4v) is 2.39. The quantitative estimate of drug-likeness (QED) is 0.853. The Labute approximate surface area is 111 Å². The minimum atomic E-state index is -0.339. The van der Waals surface area contributed by atoms with E-state index in [2.05, 4.69) is 10.3 Å². The summed E-state index contributed by atoms with van der Waals surface area (Å²) in [6, 6.07) is 0.363. The number of ether oxygens (including phenoxy) is 2. The maximum atomic E-state index is 12.2. The second-order valence-corrected chi connectivity index (χ2v) is 5.26. The number of hydrogen-bond acceptors (Lipinski definition) is 5. The number of aromatic nitrogens is 2. The molecule has 2 aliphatic rings. The number of methoxy groups -OCH3 is 1. The highest BCUT2D eigenvalue weighted by atomic mass is 16.5. The van der Waals surface area contributed by atoms with Crippen molar-refractivity contribution in [2.24, 2.45) is 0 Å². The van der Waals surface area contributed by atoms with Gasteiger partial charge in [0.25, 0.3) is 5.56 Å². The van der Waals surface area contributed by atoms with E-state index in [-0.39, 0.29) is 11.2 Å². The van der Waals surface area contributed by atoms with Gasteiger partial charge in [-0.3, -0.25) is 4.79 Å². The average molecular weight is 265 g/mol. The molecule has 19 heavy (non-hydrogen) atoms. The van der Waals surface area contributed by atoms with E-state index in [0.29, 0.717) is 31.6 Å². The molecule has 1 saturated heterocycles. The molecular formula is C13H19N3O3. The van der Waals surface area contributed by atoms with Gasteiger partial charge in [-0.1, -0.05) is 0 Å². The van der Waals surface area contributed by atoms with Crippen molar-refractivity contribution in [2.45, 2.75) is 30.9 Å². The second-order valence-electron chi connectivity index (χ2n) is 5.26. The maximum absolute atomic E-state index is 12.2. The van der Waals surface area contributed by atoms with Crippen molar-refractivity contribution in [1.29, 1.82) is 0 Å². The van der Waals surface area contributed by atoms with Gasteiger partial charge in [0.15, 0.2) is 5.82 Å². The van der Waals surface area contributed by atoms with Gasteiger partial charge in [0.2, 0.25) is 0 Å². The van der Waals surface area contributed by atoms with Gasteiger partial charge in [0.05, 0.1) is 6.61 Å². The van der Waals surface area contributed by atoms with Gasteiger partial charge in [-0.2, -0.15) is 0 Å². The van der Waals surface area contributed by atoms with E-state index in [4.69, 9.17) is 9.47 Å². The molecule has 0 aromatic carbocycles. The molecule has 0 bridgehead atoms. The Kier molecular flexibility index (Phi) is 3.28. The van der Waals surface area contributed by atoms with E-state index in [0.717, 1.165) is 19.3 Å². The molecule has 0 radical (unpaired) electrons. The minimum Gasteiger partial charge on any atom is -0.378 e. The van der Waals surface area contributed by atoms with Gasteiger partial charge in [0, 0.05) is 45.1 Å². The van der Waals surface area contributed by atoms with Crippen LogP contribution >= 0.6 is 0 Å². The first-order valence-electron chi connectivity index (χ1n) is 6.68. The van der Waals surface area contributed by atoms with Gasteiger partial charge in [-0.05, 0) is 12.8 Å². The fraction of sp³-hybridized carbons (Fsp3) is 0.692. The molecule has 1 aromatic rings. The summed E-state index contributed by atoms with van der Waals surface area (Å²) in [5.74, 6) is 0.401. The Morgan fingerprint density at radius 2 is 2.47 bits per heavy atom. The van der Waals surface area contributed by atoms with Gasteiger partial charge in [-0.25, -0.2) is 4.98 Å². The minimum absolute atomic E-state index is 0.0461. The molecule has 1 aliphatic heterocycles. The predicted octanol–water partition coefficient (Wildman–Crippen LogP) is 0.796. The van der Waals surface area contributed by atoms with Crippen LogP contribution in [0.1, 0.15) is 25.3 Å². The summed E-state index contributed by atoms with van der Waals surface area (Å²) < 4.78 is 12.7. The SMILES string of the molecule is COC1(CNc2nccn(C3CC3)c2=O)CCOC1. The Bertz CT molecular complexity index is 504. The van der Waals surface area contributed by atoms with Crippen molar-refractivity contribution in [3.05, 3.63) is 22.7 Å². The van der Waals surface area contributed by atoms with E-state index in [1.54, 1.807) is 24.1 Å². The topological polar surface area (TPSA) is 65.4 Å². The molecule has 3 rings (SSSR count). The van der Waals surface area contributed by atoms with Crippen molar-refractivity contribution < 1.29 is 9.47 Å². The first kappa shape index (κ1) is 12.6. The zero-order valence-electron chi connectivity index (χ0n) is 11.1.